The number of imidazole rings is 1. The van der Waals surface area contributed by atoms with E-state index in [1.54, 1.807) is 6.07 Å². The van der Waals surface area contributed by atoms with Crippen LogP contribution in [0.1, 0.15) is 60.0 Å². The van der Waals surface area contributed by atoms with E-state index in [4.69, 9.17) is 10.1 Å². The number of rotatable bonds is 3. The fourth-order valence-corrected chi connectivity index (χ4v) is 4.46. The predicted octanol–water partition coefficient (Wildman–Crippen LogP) is 3.40. The summed E-state index contributed by atoms with van der Waals surface area (Å²) in [6.07, 6.45) is 7.46. The first kappa shape index (κ1) is 18.1. The summed E-state index contributed by atoms with van der Waals surface area (Å²) >= 11 is 0. The number of aryl methyl sites for hydroxylation is 1. The molecule has 3 aromatic rings. The highest BCUT2D eigenvalue weighted by atomic mass is 16.2. The van der Waals surface area contributed by atoms with Crippen molar-refractivity contribution >= 4 is 17.4 Å². The normalized spacial score (nSPS) is 19.8. The topological polar surface area (TPSA) is 66.6 Å². The van der Waals surface area contributed by atoms with Gasteiger partial charge in [0.2, 0.25) is 0 Å². The van der Waals surface area contributed by atoms with Crippen molar-refractivity contribution < 1.29 is 4.79 Å². The zero-order valence-corrected chi connectivity index (χ0v) is 16.8. The Morgan fingerprint density at radius 1 is 1.00 bits per heavy atom. The number of piperidine rings is 1. The smallest absolute Gasteiger partial charge is 0.273 e. The SMILES string of the molecule is Cc1cccc(C(=O)N2CCCCC2c2cn3nc(N4CCCC4)ccc3n2)n1. The highest BCUT2D eigenvalue weighted by Gasteiger charge is 2.31. The second-order valence-corrected chi connectivity index (χ2v) is 8.03. The van der Waals surface area contributed by atoms with Gasteiger partial charge in [0.1, 0.15) is 11.5 Å². The summed E-state index contributed by atoms with van der Waals surface area (Å²) in [5, 5.41) is 4.78. The van der Waals surface area contributed by atoms with Crippen LogP contribution in [-0.4, -0.2) is 50.0 Å². The van der Waals surface area contributed by atoms with E-state index in [-0.39, 0.29) is 11.9 Å². The summed E-state index contributed by atoms with van der Waals surface area (Å²) in [4.78, 5) is 26.7. The van der Waals surface area contributed by atoms with Gasteiger partial charge in [-0.25, -0.2) is 14.5 Å². The first-order chi connectivity index (χ1) is 14.2. The Balaban J connectivity index is 1.45. The molecule has 2 aliphatic heterocycles. The summed E-state index contributed by atoms with van der Waals surface area (Å²) in [5.41, 5.74) is 3.11. The Morgan fingerprint density at radius 2 is 1.83 bits per heavy atom. The molecule has 0 spiro atoms. The highest BCUT2D eigenvalue weighted by molar-refractivity contribution is 5.92. The molecule has 29 heavy (non-hydrogen) atoms. The van der Waals surface area contributed by atoms with E-state index >= 15 is 0 Å². The number of amides is 1. The zero-order chi connectivity index (χ0) is 19.8. The standard InChI is InChI=1S/C22H26N6O/c1-16-7-6-8-17(23-16)22(29)27-14-3-2-9-19(27)18-15-28-20(24-18)10-11-21(25-28)26-12-4-5-13-26/h6-8,10-11,15,19H,2-5,9,12-14H2,1H3. The molecule has 0 aromatic carbocycles. The van der Waals surface area contributed by atoms with Crippen molar-refractivity contribution in [3.05, 3.63) is 53.6 Å². The van der Waals surface area contributed by atoms with Gasteiger partial charge in [0.05, 0.1) is 17.9 Å². The third-order valence-corrected chi connectivity index (χ3v) is 5.97. The molecule has 0 aliphatic carbocycles. The Labute approximate surface area is 170 Å². The second kappa shape index (κ2) is 7.46. The largest absolute Gasteiger partial charge is 0.355 e. The lowest BCUT2D eigenvalue weighted by Gasteiger charge is -2.34. The molecular weight excluding hydrogens is 364 g/mol. The van der Waals surface area contributed by atoms with Gasteiger partial charge in [-0.15, -0.1) is 5.10 Å². The van der Waals surface area contributed by atoms with Crippen LogP contribution in [0.15, 0.2) is 36.5 Å². The van der Waals surface area contributed by atoms with Crippen LogP contribution < -0.4 is 4.90 Å². The molecule has 0 saturated carbocycles. The number of aromatic nitrogens is 4. The first-order valence-electron chi connectivity index (χ1n) is 10.5. The Morgan fingerprint density at radius 3 is 2.66 bits per heavy atom. The van der Waals surface area contributed by atoms with Crippen molar-refractivity contribution in [1.82, 2.24) is 24.5 Å². The number of anilines is 1. The van der Waals surface area contributed by atoms with Crippen molar-refractivity contribution in [2.45, 2.75) is 45.1 Å². The maximum Gasteiger partial charge on any atom is 0.273 e. The fraction of sp³-hybridized carbons (Fsp3) is 0.455. The molecule has 0 radical (unpaired) electrons. The van der Waals surface area contributed by atoms with E-state index < -0.39 is 0 Å². The average Bonchev–Trinajstić information content (AvgIpc) is 3.42. The van der Waals surface area contributed by atoms with Crippen LogP contribution >= 0.6 is 0 Å². The minimum atomic E-state index is -0.0319. The molecule has 7 heteroatoms. The molecule has 0 bridgehead atoms. The number of likely N-dealkylation sites (tertiary alicyclic amines) is 1. The maximum absolute atomic E-state index is 13.2. The van der Waals surface area contributed by atoms with Crippen molar-refractivity contribution in [2.24, 2.45) is 0 Å². The minimum absolute atomic E-state index is 0.0128. The lowest BCUT2D eigenvalue weighted by molar-refractivity contribution is 0.0600. The molecule has 7 nitrogen and oxygen atoms in total. The van der Waals surface area contributed by atoms with Gasteiger partial charge >= 0.3 is 0 Å². The van der Waals surface area contributed by atoms with Crippen LogP contribution in [0.4, 0.5) is 5.82 Å². The minimum Gasteiger partial charge on any atom is -0.355 e. The van der Waals surface area contributed by atoms with E-state index in [1.165, 1.54) is 12.8 Å². The third kappa shape index (κ3) is 3.45. The number of nitrogens with zero attached hydrogens (tertiary/aromatic N) is 6. The van der Waals surface area contributed by atoms with Crippen molar-refractivity contribution in [3.63, 3.8) is 0 Å². The monoisotopic (exact) mass is 390 g/mol. The average molecular weight is 390 g/mol. The van der Waals surface area contributed by atoms with Gasteiger partial charge in [0.15, 0.2) is 5.65 Å². The van der Waals surface area contributed by atoms with Gasteiger partial charge in [-0.05, 0) is 63.3 Å². The van der Waals surface area contributed by atoms with Crippen molar-refractivity contribution in [2.75, 3.05) is 24.5 Å². The number of carbonyl (C=O) groups is 1. The molecule has 3 aromatic heterocycles. The number of carbonyl (C=O) groups excluding carboxylic acids is 1. The Hall–Kier alpha value is -2.96. The summed E-state index contributed by atoms with van der Waals surface area (Å²) in [7, 11) is 0. The third-order valence-electron chi connectivity index (χ3n) is 5.97. The predicted molar refractivity (Wildman–Crippen MR) is 111 cm³/mol. The maximum atomic E-state index is 13.2. The van der Waals surface area contributed by atoms with Gasteiger partial charge in [-0.3, -0.25) is 4.79 Å². The fourth-order valence-electron chi connectivity index (χ4n) is 4.46. The zero-order valence-electron chi connectivity index (χ0n) is 16.8. The number of hydrogen-bond donors (Lipinski definition) is 0. The molecule has 2 saturated heterocycles. The van der Waals surface area contributed by atoms with Gasteiger partial charge in [-0.2, -0.15) is 0 Å². The van der Waals surface area contributed by atoms with E-state index in [9.17, 15) is 4.79 Å². The van der Waals surface area contributed by atoms with Gasteiger partial charge in [-0.1, -0.05) is 6.07 Å². The van der Waals surface area contributed by atoms with Gasteiger partial charge < -0.3 is 9.80 Å². The lowest BCUT2D eigenvalue weighted by atomic mass is 9.99. The molecule has 1 atom stereocenters. The Bertz CT molecular complexity index is 1040. The number of hydrogen-bond acceptors (Lipinski definition) is 5. The summed E-state index contributed by atoms with van der Waals surface area (Å²) < 4.78 is 1.87. The number of fused-ring (bicyclic) bond motifs is 1. The van der Waals surface area contributed by atoms with E-state index in [0.717, 1.165) is 61.7 Å². The molecule has 150 valence electrons. The molecule has 0 N–H and O–H groups in total. The van der Waals surface area contributed by atoms with Crippen LogP contribution in [-0.2, 0) is 0 Å². The molecule has 1 unspecified atom stereocenters. The first-order valence-corrected chi connectivity index (χ1v) is 10.5. The van der Waals surface area contributed by atoms with Gasteiger partial charge in [0.25, 0.3) is 5.91 Å². The second-order valence-electron chi connectivity index (χ2n) is 8.03. The van der Waals surface area contributed by atoms with E-state index in [1.807, 2.05) is 40.7 Å². The summed E-state index contributed by atoms with van der Waals surface area (Å²) in [6.45, 7) is 4.78. The summed E-state index contributed by atoms with van der Waals surface area (Å²) in [6, 6.07) is 9.66. The Kier molecular flexibility index (Phi) is 4.66. The van der Waals surface area contributed by atoms with E-state index in [0.29, 0.717) is 5.69 Å². The van der Waals surface area contributed by atoms with Crippen LogP contribution in [0.25, 0.3) is 5.65 Å². The molecule has 5 heterocycles. The van der Waals surface area contributed by atoms with Crippen LogP contribution in [0.3, 0.4) is 0 Å². The van der Waals surface area contributed by atoms with E-state index in [2.05, 4.69) is 16.0 Å². The molecule has 1 amide bonds. The highest BCUT2D eigenvalue weighted by Crippen LogP contribution is 2.32. The number of pyridine rings is 1. The van der Waals surface area contributed by atoms with Crippen LogP contribution in [0.2, 0.25) is 0 Å². The van der Waals surface area contributed by atoms with Crippen LogP contribution in [0.5, 0.6) is 0 Å². The quantitative estimate of drug-likeness (QED) is 0.686. The van der Waals surface area contributed by atoms with Crippen molar-refractivity contribution in [3.8, 4) is 0 Å². The molecular formula is C22H26N6O. The molecule has 2 fully saturated rings. The van der Waals surface area contributed by atoms with Crippen LogP contribution in [0, 0.1) is 6.92 Å². The molecule has 2 aliphatic rings. The van der Waals surface area contributed by atoms with Gasteiger partial charge in [0, 0.05) is 25.3 Å². The lowest BCUT2D eigenvalue weighted by Crippen LogP contribution is -2.39. The summed E-state index contributed by atoms with van der Waals surface area (Å²) in [5.74, 6) is 0.987. The van der Waals surface area contributed by atoms with Crippen molar-refractivity contribution in [1.29, 1.82) is 0 Å². The molecule has 5 rings (SSSR count).